The van der Waals surface area contributed by atoms with Gasteiger partial charge in [0.05, 0.1) is 24.9 Å². The minimum atomic E-state index is -1.37. The van der Waals surface area contributed by atoms with Crippen LogP contribution in [0.25, 0.3) is 11.3 Å². The molecule has 0 fully saturated rings. The van der Waals surface area contributed by atoms with Crippen LogP contribution in [0.5, 0.6) is 0 Å². The number of halogens is 1. The molecule has 1 heterocycles. The van der Waals surface area contributed by atoms with Crippen molar-refractivity contribution in [3.05, 3.63) is 78.2 Å². The molecule has 8 heteroatoms. The molecule has 36 heavy (non-hydrogen) atoms. The van der Waals surface area contributed by atoms with Gasteiger partial charge in [-0.15, -0.1) is 0 Å². The van der Waals surface area contributed by atoms with E-state index in [2.05, 4.69) is 37.5 Å². The molecule has 0 bridgehead atoms. The average molecular weight is 496 g/mol. The van der Waals surface area contributed by atoms with Crippen molar-refractivity contribution < 1.29 is 14.3 Å². The topological polar surface area (TPSA) is 87.6 Å². The Morgan fingerprint density at radius 2 is 1.72 bits per heavy atom. The standard InChI is InChI=1S/C28H38FN5O2/c1-28(2,3)25(32(4)27(36)33(15-16-35)19-23(29)17-30)26-31-24(22-13-9-6-10-14-22)20-34(26)18-21-11-7-5-8-12-21/h5-14,20,23,25,35H,15-19,30H2,1-4H3/t23-,25+/m1/s1. The maximum atomic E-state index is 14.1. The molecule has 7 nitrogen and oxygen atoms in total. The summed E-state index contributed by atoms with van der Waals surface area (Å²) in [5, 5.41) is 9.52. The molecule has 0 radical (unpaired) electrons. The highest BCUT2D eigenvalue weighted by atomic mass is 19.1. The first-order valence-electron chi connectivity index (χ1n) is 12.3. The molecule has 0 spiro atoms. The maximum Gasteiger partial charge on any atom is 0.320 e. The number of alkyl halides is 1. The summed E-state index contributed by atoms with van der Waals surface area (Å²) in [5.74, 6) is 0.737. The fourth-order valence-electron chi connectivity index (χ4n) is 4.48. The monoisotopic (exact) mass is 495 g/mol. The Labute approximate surface area is 213 Å². The van der Waals surface area contributed by atoms with Gasteiger partial charge in [0, 0.05) is 38.4 Å². The summed E-state index contributed by atoms with van der Waals surface area (Å²) < 4.78 is 16.2. The smallest absolute Gasteiger partial charge is 0.320 e. The highest BCUT2D eigenvalue weighted by molar-refractivity contribution is 5.75. The number of carbonyl (C=O) groups excluding carboxylic acids is 1. The number of rotatable bonds is 10. The molecule has 0 aliphatic rings. The Hall–Kier alpha value is -3.23. The van der Waals surface area contributed by atoms with Gasteiger partial charge in [0.15, 0.2) is 0 Å². The van der Waals surface area contributed by atoms with E-state index in [1.54, 1.807) is 11.9 Å². The number of hydrogen-bond donors (Lipinski definition) is 2. The molecule has 2 atom stereocenters. The lowest BCUT2D eigenvalue weighted by molar-refractivity contribution is 0.0869. The maximum absolute atomic E-state index is 14.1. The van der Waals surface area contributed by atoms with E-state index >= 15 is 0 Å². The van der Waals surface area contributed by atoms with Crippen LogP contribution in [-0.4, -0.2) is 69.9 Å². The molecule has 2 aromatic carbocycles. The molecule has 194 valence electrons. The van der Waals surface area contributed by atoms with E-state index in [-0.39, 0.29) is 32.3 Å². The van der Waals surface area contributed by atoms with Crippen molar-refractivity contribution in [1.29, 1.82) is 0 Å². The third kappa shape index (κ3) is 6.71. The number of imidazole rings is 1. The van der Waals surface area contributed by atoms with Crippen LogP contribution >= 0.6 is 0 Å². The fourth-order valence-corrected chi connectivity index (χ4v) is 4.48. The third-order valence-corrected chi connectivity index (χ3v) is 6.14. The molecule has 0 unspecified atom stereocenters. The first-order chi connectivity index (χ1) is 17.2. The second-order valence-corrected chi connectivity index (χ2v) is 10.1. The molecule has 0 saturated carbocycles. The molecule has 1 aromatic heterocycles. The van der Waals surface area contributed by atoms with Gasteiger partial charge in [0.2, 0.25) is 0 Å². The first kappa shape index (κ1) is 27.4. The van der Waals surface area contributed by atoms with E-state index in [4.69, 9.17) is 10.7 Å². The first-order valence-corrected chi connectivity index (χ1v) is 12.3. The van der Waals surface area contributed by atoms with E-state index in [0.717, 1.165) is 22.6 Å². The van der Waals surface area contributed by atoms with Gasteiger partial charge >= 0.3 is 6.03 Å². The highest BCUT2D eigenvalue weighted by Gasteiger charge is 2.38. The van der Waals surface area contributed by atoms with Gasteiger partial charge in [-0.05, 0) is 11.0 Å². The van der Waals surface area contributed by atoms with Gasteiger partial charge in [-0.3, -0.25) is 0 Å². The van der Waals surface area contributed by atoms with Gasteiger partial charge in [0.25, 0.3) is 0 Å². The van der Waals surface area contributed by atoms with Gasteiger partial charge in [-0.2, -0.15) is 0 Å². The van der Waals surface area contributed by atoms with Crippen molar-refractivity contribution in [3.8, 4) is 11.3 Å². The van der Waals surface area contributed by atoms with Crippen molar-refractivity contribution >= 4 is 6.03 Å². The SMILES string of the molecule is CN(C(=O)N(CCO)C[C@H](F)CN)[C@@H](c1nc(-c2ccccc2)cn1Cc1ccccc1)C(C)(C)C. The number of urea groups is 1. The quantitative estimate of drug-likeness (QED) is 0.438. The van der Waals surface area contributed by atoms with Crippen molar-refractivity contribution in [2.45, 2.75) is 39.5 Å². The lowest BCUT2D eigenvalue weighted by atomic mass is 9.85. The van der Waals surface area contributed by atoms with Crippen molar-refractivity contribution in [3.63, 3.8) is 0 Å². The Morgan fingerprint density at radius 1 is 1.11 bits per heavy atom. The molecular weight excluding hydrogens is 457 g/mol. The van der Waals surface area contributed by atoms with Crippen LogP contribution in [0.4, 0.5) is 9.18 Å². The zero-order valence-electron chi connectivity index (χ0n) is 21.6. The lowest BCUT2D eigenvalue weighted by Gasteiger charge is -2.40. The summed E-state index contributed by atoms with van der Waals surface area (Å²) >= 11 is 0. The summed E-state index contributed by atoms with van der Waals surface area (Å²) in [6.45, 7) is 6.14. The van der Waals surface area contributed by atoms with Gasteiger partial charge < -0.3 is 25.2 Å². The number of aromatic nitrogens is 2. The summed E-state index contributed by atoms with van der Waals surface area (Å²) in [4.78, 5) is 21.6. The molecule has 3 N–H and O–H groups in total. The minimum Gasteiger partial charge on any atom is -0.395 e. The number of amides is 2. The number of nitrogens with zero attached hydrogens (tertiary/aromatic N) is 4. The number of carbonyl (C=O) groups is 1. The minimum absolute atomic E-state index is 0.0220. The zero-order valence-corrected chi connectivity index (χ0v) is 21.6. The zero-order chi connectivity index (χ0) is 26.3. The molecule has 0 aliphatic heterocycles. The Morgan fingerprint density at radius 3 is 2.28 bits per heavy atom. The summed E-state index contributed by atoms with van der Waals surface area (Å²) in [6, 6.07) is 19.2. The fraction of sp³-hybridized carbons (Fsp3) is 0.429. The average Bonchev–Trinajstić information content (AvgIpc) is 3.26. The molecule has 2 amide bonds. The number of hydrogen-bond acceptors (Lipinski definition) is 4. The van der Waals surface area contributed by atoms with Crippen LogP contribution in [-0.2, 0) is 6.54 Å². The largest absolute Gasteiger partial charge is 0.395 e. The summed E-state index contributed by atoms with van der Waals surface area (Å²) in [6.07, 6.45) is 0.651. The molecular formula is C28H38FN5O2. The Bertz CT molecular complexity index is 1100. The van der Waals surface area contributed by atoms with E-state index in [1.165, 1.54) is 4.90 Å². The summed E-state index contributed by atoms with van der Waals surface area (Å²) in [5.41, 5.74) is 7.98. The van der Waals surface area contributed by atoms with Crippen LogP contribution in [0.3, 0.4) is 0 Å². The number of aliphatic hydroxyl groups is 1. The molecule has 3 rings (SSSR count). The van der Waals surface area contributed by atoms with E-state index < -0.39 is 17.6 Å². The Kier molecular flexibility index (Phi) is 9.23. The molecule has 3 aromatic rings. The van der Waals surface area contributed by atoms with Crippen LogP contribution in [0.2, 0.25) is 0 Å². The predicted molar refractivity (Wildman–Crippen MR) is 141 cm³/mol. The van der Waals surface area contributed by atoms with Gasteiger partial charge in [-0.1, -0.05) is 81.4 Å². The normalized spacial score (nSPS) is 13.3. The van der Waals surface area contributed by atoms with Crippen LogP contribution in [0.1, 0.15) is 38.2 Å². The van der Waals surface area contributed by atoms with Gasteiger partial charge in [-0.25, -0.2) is 14.2 Å². The third-order valence-electron chi connectivity index (χ3n) is 6.14. The van der Waals surface area contributed by atoms with E-state index in [1.807, 2.05) is 54.7 Å². The predicted octanol–water partition coefficient (Wildman–Crippen LogP) is 4.33. The van der Waals surface area contributed by atoms with Crippen molar-refractivity contribution in [1.82, 2.24) is 19.4 Å². The van der Waals surface area contributed by atoms with Crippen LogP contribution in [0, 0.1) is 5.41 Å². The summed E-state index contributed by atoms with van der Waals surface area (Å²) in [7, 11) is 1.71. The van der Waals surface area contributed by atoms with Crippen LogP contribution in [0.15, 0.2) is 66.9 Å². The van der Waals surface area contributed by atoms with Crippen LogP contribution < -0.4 is 5.73 Å². The molecule has 0 saturated heterocycles. The second-order valence-electron chi connectivity index (χ2n) is 10.1. The highest BCUT2D eigenvalue weighted by Crippen LogP contribution is 2.38. The van der Waals surface area contributed by atoms with Gasteiger partial charge in [0.1, 0.15) is 12.0 Å². The van der Waals surface area contributed by atoms with Crippen molar-refractivity contribution in [2.75, 3.05) is 33.3 Å². The van der Waals surface area contributed by atoms with E-state index in [9.17, 15) is 14.3 Å². The number of aliphatic hydroxyl groups excluding tert-OH is 1. The molecule has 0 aliphatic carbocycles. The lowest BCUT2D eigenvalue weighted by Crippen LogP contribution is -2.50. The number of nitrogens with two attached hydrogens (primary N) is 1. The Balaban J connectivity index is 2.07. The van der Waals surface area contributed by atoms with Crippen molar-refractivity contribution in [2.24, 2.45) is 11.1 Å². The van der Waals surface area contributed by atoms with E-state index in [0.29, 0.717) is 6.54 Å². The second kappa shape index (κ2) is 12.1. The number of benzene rings is 2.